The summed E-state index contributed by atoms with van der Waals surface area (Å²) in [5.41, 5.74) is 0.486. The molecule has 0 spiro atoms. The molecule has 0 amide bonds. The third kappa shape index (κ3) is 8.55. The van der Waals surface area contributed by atoms with E-state index in [1.165, 1.54) is 38.5 Å². The molecule has 14 heavy (non-hydrogen) atoms. The molecular formula is C13H29N. The van der Waals surface area contributed by atoms with Crippen LogP contribution >= 0.6 is 0 Å². The summed E-state index contributed by atoms with van der Waals surface area (Å²) >= 11 is 0. The van der Waals surface area contributed by atoms with Crippen molar-refractivity contribution in [1.82, 2.24) is 5.32 Å². The maximum absolute atomic E-state index is 3.43. The third-order valence-electron chi connectivity index (χ3n) is 2.81. The number of rotatable bonds is 7. The lowest BCUT2D eigenvalue weighted by Crippen LogP contribution is -2.26. The normalized spacial score (nSPS) is 14.4. The fourth-order valence-corrected chi connectivity index (χ4v) is 1.68. The van der Waals surface area contributed by atoms with Crippen LogP contribution in [0, 0.1) is 5.41 Å². The van der Waals surface area contributed by atoms with Gasteiger partial charge in [0.2, 0.25) is 0 Å². The molecule has 0 rings (SSSR count). The van der Waals surface area contributed by atoms with E-state index in [9.17, 15) is 0 Å². The topological polar surface area (TPSA) is 12.0 Å². The minimum Gasteiger partial charge on any atom is -0.317 e. The van der Waals surface area contributed by atoms with Crippen molar-refractivity contribution in [2.24, 2.45) is 5.41 Å². The van der Waals surface area contributed by atoms with Gasteiger partial charge in [-0.05, 0) is 31.7 Å². The van der Waals surface area contributed by atoms with Crippen LogP contribution in [0.4, 0.5) is 0 Å². The molecule has 1 unspecified atom stereocenters. The van der Waals surface area contributed by atoms with Crippen molar-refractivity contribution in [3.8, 4) is 0 Å². The first-order valence-electron chi connectivity index (χ1n) is 6.17. The van der Waals surface area contributed by atoms with E-state index < -0.39 is 0 Å². The molecule has 1 heteroatoms. The van der Waals surface area contributed by atoms with Gasteiger partial charge in [0.15, 0.2) is 0 Å². The maximum atomic E-state index is 3.43. The van der Waals surface area contributed by atoms with Crippen molar-refractivity contribution >= 4 is 0 Å². The second-order valence-corrected chi connectivity index (χ2v) is 5.58. The van der Waals surface area contributed by atoms with Crippen molar-refractivity contribution in [2.75, 3.05) is 7.05 Å². The molecule has 0 saturated heterocycles. The Kier molecular flexibility index (Phi) is 7.26. The largest absolute Gasteiger partial charge is 0.317 e. The minimum absolute atomic E-state index is 0.486. The van der Waals surface area contributed by atoms with Crippen molar-refractivity contribution in [3.63, 3.8) is 0 Å². The van der Waals surface area contributed by atoms with Crippen molar-refractivity contribution < 1.29 is 0 Å². The Morgan fingerprint density at radius 3 is 2.14 bits per heavy atom. The predicted molar refractivity (Wildman–Crippen MR) is 65.7 cm³/mol. The summed E-state index contributed by atoms with van der Waals surface area (Å²) in [5, 5.41) is 3.43. The van der Waals surface area contributed by atoms with Crippen molar-refractivity contribution in [1.29, 1.82) is 0 Å². The van der Waals surface area contributed by atoms with Gasteiger partial charge in [0.05, 0.1) is 0 Å². The summed E-state index contributed by atoms with van der Waals surface area (Å²) < 4.78 is 0. The van der Waals surface area contributed by atoms with Crippen LogP contribution in [0.15, 0.2) is 0 Å². The van der Waals surface area contributed by atoms with Crippen molar-refractivity contribution in [2.45, 2.75) is 72.3 Å². The van der Waals surface area contributed by atoms with E-state index in [0.29, 0.717) is 5.41 Å². The van der Waals surface area contributed by atoms with E-state index in [1.807, 2.05) is 0 Å². The Balaban J connectivity index is 3.58. The van der Waals surface area contributed by atoms with E-state index in [4.69, 9.17) is 0 Å². The van der Waals surface area contributed by atoms with Crippen LogP contribution in [0.3, 0.4) is 0 Å². The van der Waals surface area contributed by atoms with Gasteiger partial charge in [-0.15, -0.1) is 0 Å². The molecule has 0 bridgehead atoms. The molecular weight excluding hydrogens is 170 g/mol. The highest BCUT2D eigenvalue weighted by Gasteiger charge is 2.13. The molecule has 0 saturated carbocycles. The summed E-state index contributed by atoms with van der Waals surface area (Å²) in [6, 6.07) is 0.737. The molecule has 0 aliphatic heterocycles. The van der Waals surface area contributed by atoms with Gasteiger partial charge in [-0.25, -0.2) is 0 Å². The minimum atomic E-state index is 0.486. The Morgan fingerprint density at radius 1 is 1.07 bits per heavy atom. The molecule has 0 heterocycles. The Bertz CT molecular complexity index is 124. The molecule has 0 aromatic heterocycles. The lowest BCUT2D eigenvalue weighted by Gasteiger charge is -2.22. The van der Waals surface area contributed by atoms with E-state index >= 15 is 0 Å². The summed E-state index contributed by atoms with van der Waals surface area (Å²) in [7, 11) is 2.10. The molecule has 0 fully saturated rings. The molecule has 86 valence electrons. The zero-order chi connectivity index (χ0) is 11.0. The van der Waals surface area contributed by atoms with Gasteiger partial charge in [0, 0.05) is 6.04 Å². The zero-order valence-corrected chi connectivity index (χ0v) is 10.8. The highest BCUT2D eigenvalue weighted by Crippen LogP contribution is 2.22. The van der Waals surface area contributed by atoms with Gasteiger partial charge in [0.25, 0.3) is 0 Å². The summed E-state index contributed by atoms with van der Waals surface area (Å²) in [4.78, 5) is 0. The van der Waals surface area contributed by atoms with E-state index in [-0.39, 0.29) is 0 Å². The maximum Gasteiger partial charge on any atom is 0.00642 e. The van der Waals surface area contributed by atoms with Gasteiger partial charge in [-0.3, -0.25) is 0 Å². The first kappa shape index (κ1) is 14.0. The Labute approximate surface area is 90.7 Å². The number of nitrogens with one attached hydrogen (secondary N) is 1. The molecule has 1 N–H and O–H groups in total. The van der Waals surface area contributed by atoms with Crippen LogP contribution in [-0.2, 0) is 0 Å². The molecule has 0 aliphatic carbocycles. The molecule has 1 atom stereocenters. The second-order valence-electron chi connectivity index (χ2n) is 5.58. The number of unbranched alkanes of at least 4 members (excludes halogenated alkanes) is 2. The van der Waals surface area contributed by atoms with Crippen LogP contribution in [0.2, 0.25) is 0 Å². The zero-order valence-electron chi connectivity index (χ0n) is 10.8. The van der Waals surface area contributed by atoms with Gasteiger partial charge in [0.1, 0.15) is 0 Å². The number of hydrogen-bond donors (Lipinski definition) is 1. The second kappa shape index (κ2) is 7.28. The lowest BCUT2D eigenvalue weighted by atomic mass is 9.88. The van der Waals surface area contributed by atoms with Gasteiger partial charge in [-0.2, -0.15) is 0 Å². The fraction of sp³-hybridized carbons (Fsp3) is 1.00. The fourth-order valence-electron chi connectivity index (χ4n) is 1.68. The van der Waals surface area contributed by atoms with E-state index in [1.54, 1.807) is 0 Å². The first-order valence-corrected chi connectivity index (χ1v) is 6.17. The van der Waals surface area contributed by atoms with Crippen LogP contribution < -0.4 is 5.32 Å². The van der Waals surface area contributed by atoms with Gasteiger partial charge >= 0.3 is 0 Å². The van der Waals surface area contributed by atoms with Crippen LogP contribution in [0.5, 0.6) is 0 Å². The van der Waals surface area contributed by atoms with Crippen molar-refractivity contribution in [3.05, 3.63) is 0 Å². The standard InChI is InChI=1S/C13H29N/c1-6-7-8-9-12(14-5)10-11-13(2,3)4/h12,14H,6-11H2,1-5H3. The summed E-state index contributed by atoms with van der Waals surface area (Å²) in [6.07, 6.45) is 8.09. The summed E-state index contributed by atoms with van der Waals surface area (Å²) in [5.74, 6) is 0. The third-order valence-corrected chi connectivity index (χ3v) is 2.81. The molecule has 0 aromatic carbocycles. The van der Waals surface area contributed by atoms with Crippen LogP contribution in [0.25, 0.3) is 0 Å². The molecule has 0 aromatic rings. The summed E-state index contributed by atoms with van der Waals surface area (Å²) in [6.45, 7) is 9.24. The van der Waals surface area contributed by atoms with E-state index in [0.717, 1.165) is 6.04 Å². The monoisotopic (exact) mass is 199 g/mol. The quantitative estimate of drug-likeness (QED) is 0.612. The Morgan fingerprint density at radius 2 is 1.71 bits per heavy atom. The lowest BCUT2D eigenvalue weighted by molar-refractivity contribution is 0.326. The Hall–Kier alpha value is -0.0400. The molecule has 0 radical (unpaired) electrons. The average Bonchev–Trinajstić information content (AvgIpc) is 2.09. The first-order chi connectivity index (χ1) is 6.49. The highest BCUT2D eigenvalue weighted by atomic mass is 14.9. The smallest absolute Gasteiger partial charge is 0.00642 e. The van der Waals surface area contributed by atoms with Crippen LogP contribution in [0.1, 0.15) is 66.2 Å². The molecule has 0 aliphatic rings. The SMILES string of the molecule is CCCCCC(CCC(C)(C)C)NC. The van der Waals surface area contributed by atoms with Gasteiger partial charge in [-0.1, -0.05) is 47.0 Å². The predicted octanol–water partition coefficient (Wildman–Crippen LogP) is 3.98. The number of hydrogen-bond acceptors (Lipinski definition) is 1. The highest BCUT2D eigenvalue weighted by molar-refractivity contribution is 4.70. The van der Waals surface area contributed by atoms with E-state index in [2.05, 4.69) is 40.1 Å². The van der Waals surface area contributed by atoms with Gasteiger partial charge < -0.3 is 5.32 Å². The molecule has 1 nitrogen and oxygen atoms in total. The average molecular weight is 199 g/mol. The van der Waals surface area contributed by atoms with Crippen LogP contribution in [-0.4, -0.2) is 13.1 Å².